The Morgan fingerprint density at radius 3 is 3.12 bits per heavy atom. The van der Waals surface area contributed by atoms with Crippen molar-refractivity contribution in [2.75, 3.05) is 5.32 Å². The van der Waals surface area contributed by atoms with E-state index in [2.05, 4.69) is 25.8 Å². The number of nitrogens with zero attached hydrogens (tertiary/aromatic N) is 5. The molecule has 8 nitrogen and oxygen atoms in total. The van der Waals surface area contributed by atoms with E-state index in [0.29, 0.717) is 17.9 Å². The highest BCUT2D eigenvalue weighted by atomic mass is 16.4. The molecule has 1 unspecified atom stereocenters. The molecule has 0 spiro atoms. The second-order valence-corrected chi connectivity index (χ2v) is 3.57. The number of fused-ring (bicyclic) bond motifs is 1. The van der Waals surface area contributed by atoms with Gasteiger partial charge in [-0.15, -0.1) is 5.10 Å². The van der Waals surface area contributed by atoms with Crippen LogP contribution >= 0.6 is 0 Å². The molecule has 0 saturated carbocycles. The molecule has 0 saturated heterocycles. The first-order valence-corrected chi connectivity index (χ1v) is 5.24. The molecular weight excluding hydrogens is 224 g/mol. The molecule has 90 valence electrons. The van der Waals surface area contributed by atoms with Crippen LogP contribution in [0.2, 0.25) is 0 Å². The van der Waals surface area contributed by atoms with Crippen LogP contribution in [-0.4, -0.2) is 42.1 Å². The first kappa shape index (κ1) is 11.2. The lowest BCUT2D eigenvalue weighted by atomic mass is 10.2. The molecule has 0 aliphatic rings. The molecule has 1 atom stereocenters. The maximum absolute atomic E-state index is 11.0. The van der Waals surface area contributed by atoms with Gasteiger partial charge in [0.1, 0.15) is 6.04 Å². The maximum Gasteiger partial charge on any atom is 0.326 e. The molecular formula is C9H12N6O2. The minimum absolute atomic E-state index is 0.466. The van der Waals surface area contributed by atoms with E-state index in [1.807, 2.05) is 6.92 Å². The Bertz CT molecular complexity index is 525. The quantitative estimate of drug-likeness (QED) is 0.762. The number of carboxylic acid groups (broad SMARTS) is 1. The Morgan fingerprint density at radius 2 is 2.41 bits per heavy atom. The van der Waals surface area contributed by atoms with Crippen LogP contribution in [0.15, 0.2) is 12.4 Å². The summed E-state index contributed by atoms with van der Waals surface area (Å²) in [6.45, 7) is 1.92. The fourth-order valence-electron chi connectivity index (χ4n) is 1.50. The fraction of sp³-hybridized carbons (Fsp3) is 0.444. The van der Waals surface area contributed by atoms with Crippen LogP contribution in [0.5, 0.6) is 0 Å². The lowest BCUT2D eigenvalue weighted by Gasteiger charge is -2.14. The van der Waals surface area contributed by atoms with Crippen molar-refractivity contribution in [3.63, 3.8) is 0 Å². The number of hydrogen-bond acceptors (Lipinski definition) is 6. The van der Waals surface area contributed by atoms with Crippen LogP contribution in [0, 0.1) is 0 Å². The average molecular weight is 236 g/mol. The molecule has 2 rings (SSSR count). The standard InChI is InChI=1S/C9H12N6O2/c1-2-3-6(9(16)17)11-7-4-10-5-8-12-13-14-15(7)8/h4-6,11H,2-3H2,1H3,(H,16,17). The number of rotatable bonds is 5. The molecule has 0 fully saturated rings. The fourth-order valence-corrected chi connectivity index (χ4v) is 1.50. The van der Waals surface area contributed by atoms with E-state index in [1.165, 1.54) is 16.9 Å². The molecule has 0 aliphatic heterocycles. The summed E-state index contributed by atoms with van der Waals surface area (Å²) in [5.41, 5.74) is 0.468. The third-order valence-electron chi connectivity index (χ3n) is 2.31. The molecule has 2 aromatic heterocycles. The van der Waals surface area contributed by atoms with Gasteiger partial charge in [-0.3, -0.25) is 4.98 Å². The van der Waals surface area contributed by atoms with Crippen molar-refractivity contribution in [3.8, 4) is 0 Å². The van der Waals surface area contributed by atoms with Crippen LogP contribution in [0.4, 0.5) is 5.82 Å². The lowest BCUT2D eigenvalue weighted by molar-refractivity contribution is -0.138. The minimum Gasteiger partial charge on any atom is -0.480 e. The van der Waals surface area contributed by atoms with Gasteiger partial charge in [-0.25, -0.2) is 4.79 Å². The minimum atomic E-state index is -0.906. The molecule has 2 heterocycles. The predicted molar refractivity (Wildman–Crippen MR) is 58.5 cm³/mol. The Hall–Kier alpha value is -2.25. The van der Waals surface area contributed by atoms with Gasteiger partial charge in [-0.05, 0) is 16.8 Å². The van der Waals surface area contributed by atoms with Crippen molar-refractivity contribution in [3.05, 3.63) is 12.4 Å². The van der Waals surface area contributed by atoms with Gasteiger partial charge >= 0.3 is 5.97 Å². The summed E-state index contributed by atoms with van der Waals surface area (Å²) < 4.78 is 1.42. The number of aliphatic carboxylic acids is 1. The zero-order valence-corrected chi connectivity index (χ0v) is 9.24. The Kier molecular flexibility index (Phi) is 3.12. The van der Waals surface area contributed by atoms with Gasteiger partial charge in [0.25, 0.3) is 0 Å². The predicted octanol–water partition coefficient (Wildman–Crippen LogP) is 0.184. The van der Waals surface area contributed by atoms with Gasteiger partial charge in [0.2, 0.25) is 0 Å². The first-order chi connectivity index (χ1) is 8.22. The molecule has 8 heteroatoms. The summed E-state index contributed by atoms with van der Waals surface area (Å²) in [6, 6.07) is -0.670. The smallest absolute Gasteiger partial charge is 0.326 e. The van der Waals surface area contributed by atoms with Crippen molar-refractivity contribution in [1.29, 1.82) is 0 Å². The van der Waals surface area contributed by atoms with E-state index >= 15 is 0 Å². The van der Waals surface area contributed by atoms with E-state index in [1.54, 1.807) is 0 Å². The second-order valence-electron chi connectivity index (χ2n) is 3.57. The average Bonchev–Trinajstić information content (AvgIpc) is 2.77. The number of aromatic nitrogens is 5. The van der Waals surface area contributed by atoms with Crippen LogP contribution < -0.4 is 5.32 Å². The molecule has 17 heavy (non-hydrogen) atoms. The summed E-state index contributed by atoms with van der Waals surface area (Å²) in [5.74, 6) is -0.440. The molecule has 0 bridgehead atoms. The molecule has 2 N–H and O–H groups in total. The second kappa shape index (κ2) is 4.73. The molecule has 2 aromatic rings. The van der Waals surface area contributed by atoms with Crippen molar-refractivity contribution >= 4 is 17.4 Å². The summed E-state index contributed by atoms with van der Waals surface area (Å²) in [7, 11) is 0. The summed E-state index contributed by atoms with van der Waals surface area (Å²) in [5, 5.41) is 22.9. The SMILES string of the molecule is CCCC(Nc1cncc2nnnn12)C(=O)O. The topological polar surface area (TPSA) is 105 Å². The lowest BCUT2D eigenvalue weighted by Crippen LogP contribution is -2.30. The van der Waals surface area contributed by atoms with E-state index in [9.17, 15) is 4.79 Å². The van der Waals surface area contributed by atoms with Crippen molar-refractivity contribution in [1.82, 2.24) is 25.0 Å². The third-order valence-corrected chi connectivity index (χ3v) is 2.31. The number of carboxylic acids is 1. The van der Waals surface area contributed by atoms with Crippen LogP contribution in [-0.2, 0) is 4.79 Å². The van der Waals surface area contributed by atoms with Gasteiger partial charge < -0.3 is 10.4 Å². The van der Waals surface area contributed by atoms with Crippen LogP contribution in [0.1, 0.15) is 19.8 Å². The maximum atomic E-state index is 11.0. The molecule has 0 amide bonds. The Labute approximate surface area is 96.7 Å². The van der Waals surface area contributed by atoms with E-state index in [4.69, 9.17) is 5.11 Å². The monoisotopic (exact) mass is 236 g/mol. The first-order valence-electron chi connectivity index (χ1n) is 5.24. The number of hydrogen-bond donors (Lipinski definition) is 2. The number of anilines is 1. The van der Waals surface area contributed by atoms with Gasteiger partial charge in [0.15, 0.2) is 11.5 Å². The zero-order valence-electron chi connectivity index (χ0n) is 9.24. The highest BCUT2D eigenvalue weighted by Crippen LogP contribution is 2.10. The van der Waals surface area contributed by atoms with E-state index in [0.717, 1.165) is 6.42 Å². The summed E-state index contributed by atoms with van der Waals surface area (Å²) in [6.07, 6.45) is 4.28. The van der Waals surface area contributed by atoms with Crippen molar-refractivity contribution < 1.29 is 9.90 Å². The molecule has 0 radical (unpaired) electrons. The Morgan fingerprint density at radius 1 is 1.59 bits per heavy atom. The third kappa shape index (κ3) is 2.30. The van der Waals surface area contributed by atoms with Gasteiger partial charge in [0, 0.05) is 0 Å². The number of tetrazole rings is 1. The number of carbonyl (C=O) groups is 1. The van der Waals surface area contributed by atoms with Crippen LogP contribution in [0.25, 0.3) is 5.65 Å². The van der Waals surface area contributed by atoms with Gasteiger partial charge in [0.05, 0.1) is 12.4 Å². The van der Waals surface area contributed by atoms with Gasteiger partial charge in [-0.2, -0.15) is 4.52 Å². The van der Waals surface area contributed by atoms with Gasteiger partial charge in [-0.1, -0.05) is 13.3 Å². The summed E-state index contributed by atoms with van der Waals surface area (Å²) >= 11 is 0. The van der Waals surface area contributed by atoms with Crippen molar-refractivity contribution in [2.45, 2.75) is 25.8 Å². The number of nitrogens with one attached hydrogen (secondary N) is 1. The highest BCUT2D eigenvalue weighted by molar-refractivity contribution is 5.76. The van der Waals surface area contributed by atoms with Crippen molar-refractivity contribution in [2.24, 2.45) is 0 Å². The normalized spacial score (nSPS) is 12.5. The van der Waals surface area contributed by atoms with E-state index < -0.39 is 12.0 Å². The Balaban J connectivity index is 2.27. The zero-order chi connectivity index (χ0) is 12.3. The van der Waals surface area contributed by atoms with E-state index in [-0.39, 0.29) is 0 Å². The highest BCUT2D eigenvalue weighted by Gasteiger charge is 2.17. The molecule has 0 aliphatic carbocycles. The molecule has 0 aromatic carbocycles. The summed E-state index contributed by atoms with van der Waals surface area (Å²) in [4.78, 5) is 15.0. The van der Waals surface area contributed by atoms with Crippen LogP contribution in [0.3, 0.4) is 0 Å². The largest absolute Gasteiger partial charge is 0.480 e.